The number of nitrogens with one attached hydrogen (secondary N) is 1. The van der Waals surface area contributed by atoms with E-state index in [1.54, 1.807) is 6.92 Å². The molecule has 0 aliphatic heterocycles. The Balaban J connectivity index is 1.79. The SMILES string of the molecule is Cc1cc(C2CC2)n2nc(S(=O)(=O)Nc3c(F)cccc3F)nc2n1. The monoisotopic (exact) mass is 365 g/mol. The third-order valence-electron chi connectivity index (χ3n) is 3.88. The third kappa shape index (κ3) is 2.82. The summed E-state index contributed by atoms with van der Waals surface area (Å²) in [5, 5.41) is 3.40. The van der Waals surface area contributed by atoms with Crippen LogP contribution in [0.5, 0.6) is 0 Å². The van der Waals surface area contributed by atoms with E-state index in [9.17, 15) is 17.2 Å². The second-order valence-electron chi connectivity index (χ2n) is 5.91. The van der Waals surface area contributed by atoms with Crippen LogP contribution in [0.4, 0.5) is 14.5 Å². The lowest BCUT2D eigenvalue weighted by Crippen LogP contribution is -2.17. The van der Waals surface area contributed by atoms with Gasteiger partial charge in [0.2, 0.25) is 0 Å². The predicted molar refractivity (Wildman–Crippen MR) is 84.7 cm³/mol. The standard InChI is InChI=1S/C15H13F2N5O2S/c1-8-7-12(9-5-6-9)22-14(18-8)19-15(20-22)25(23,24)21-13-10(16)3-2-4-11(13)17/h2-4,7,9,21H,5-6H2,1H3. The zero-order chi connectivity index (χ0) is 17.8. The highest BCUT2D eigenvalue weighted by Crippen LogP contribution is 2.40. The molecule has 0 amide bonds. The molecule has 2 aromatic heterocycles. The van der Waals surface area contributed by atoms with E-state index in [1.807, 2.05) is 10.8 Å². The highest BCUT2D eigenvalue weighted by Gasteiger charge is 2.30. The van der Waals surface area contributed by atoms with E-state index in [-0.39, 0.29) is 5.78 Å². The van der Waals surface area contributed by atoms with Gasteiger partial charge in [0.25, 0.3) is 21.0 Å². The van der Waals surface area contributed by atoms with Crippen molar-refractivity contribution in [3.8, 4) is 0 Å². The summed E-state index contributed by atoms with van der Waals surface area (Å²) in [5.41, 5.74) is 0.750. The number of aryl methyl sites for hydroxylation is 1. The Kier molecular flexibility index (Phi) is 3.46. The van der Waals surface area contributed by atoms with Crippen LogP contribution in [0, 0.1) is 18.6 Å². The van der Waals surface area contributed by atoms with Crippen LogP contribution >= 0.6 is 0 Å². The Morgan fingerprint density at radius 1 is 1.20 bits per heavy atom. The van der Waals surface area contributed by atoms with Crippen LogP contribution in [0.25, 0.3) is 5.78 Å². The van der Waals surface area contributed by atoms with Gasteiger partial charge in [-0.2, -0.15) is 17.9 Å². The number of para-hydroxylation sites is 1. The van der Waals surface area contributed by atoms with Crippen LogP contribution in [0.1, 0.15) is 30.1 Å². The van der Waals surface area contributed by atoms with E-state index in [2.05, 4.69) is 15.1 Å². The van der Waals surface area contributed by atoms with Crippen LogP contribution in [-0.2, 0) is 10.0 Å². The van der Waals surface area contributed by atoms with E-state index in [1.165, 1.54) is 4.52 Å². The average Bonchev–Trinajstić information content (AvgIpc) is 3.29. The summed E-state index contributed by atoms with van der Waals surface area (Å²) >= 11 is 0. The Morgan fingerprint density at radius 2 is 1.88 bits per heavy atom. The number of fused-ring (bicyclic) bond motifs is 1. The number of benzene rings is 1. The zero-order valence-electron chi connectivity index (χ0n) is 13.1. The predicted octanol–water partition coefficient (Wildman–Crippen LogP) is 2.39. The minimum Gasteiger partial charge on any atom is -0.271 e. The summed E-state index contributed by atoms with van der Waals surface area (Å²) in [6.45, 7) is 1.78. The molecule has 1 aliphatic carbocycles. The van der Waals surface area contributed by atoms with Gasteiger partial charge >= 0.3 is 0 Å². The van der Waals surface area contributed by atoms with Gasteiger partial charge in [-0.25, -0.2) is 13.8 Å². The van der Waals surface area contributed by atoms with Crippen molar-refractivity contribution in [2.24, 2.45) is 0 Å². The maximum Gasteiger partial charge on any atom is 0.299 e. The Hall–Kier alpha value is -2.62. The average molecular weight is 365 g/mol. The highest BCUT2D eigenvalue weighted by atomic mass is 32.2. The van der Waals surface area contributed by atoms with E-state index >= 15 is 0 Å². The molecular formula is C15H13F2N5O2S. The van der Waals surface area contributed by atoms with Crippen LogP contribution in [0.3, 0.4) is 0 Å². The highest BCUT2D eigenvalue weighted by molar-refractivity contribution is 7.92. The molecule has 10 heteroatoms. The fourth-order valence-corrected chi connectivity index (χ4v) is 3.50. The normalized spacial score (nSPS) is 14.8. The van der Waals surface area contributed by atoms with Crippen molar-refractivity contribution in [1.29, 1.82) is 0 Å². The number of hydrogen-bond donors (Lipinski definition) is 1. The Labute approximate surface area is 141 Å². The summed E-state index contributed by atoms with van der Waals surface area (Å²) in [6, 6.07) is 4.88. The molecule has 2 heterocycles. The van der Waals surface area contributed by atoms with Gasteiger partial charge in [-0.3, -0.25) is 4.72 Å². The molecule has 1 N–H and O–H groups in total. The second-order valence-corrected chi connectivity index (χ2v) is 7.48. The molecule has 0 radical (unpaired) electrons. The first kappa shape index (κ1) is 15.9. The van der Waals surface area contributed by atoms with Crippen molar-refractivity contribution < 1.29 is 17.2 Å². The van der Waals surface area contributed by atoms with Gasteiger partial charge in [0, 0.05) is 11.6 Å². The number of sulfonamides is 1. The van der Waals surface area contributed by atoms with Crippen molar-refractivity contribution in [3.05, 3.63) is 47.3 Å². The summed E-state index contributed by atoms with van der Waals surface area (Å²) in [4.78, 5) is 8.09. The van der Waals surface area contributed by atoms with Crippen LogP contribution in [0.2, 0.25) is 0 Å². The van der Waals surface area contributed by atoms with Crippen molar-refractivity contribution in [3.63, 3.8) is 0 Å². The van der Waals surface area contributed by atoms with Gasteiger partial charge in [-0.1, -0.05) is 6.07 Å². The minimum absolute atomic E-state index is 0.135. The molecule has 25 heavy (non-hydrogen) atoms. The molecule has 0 unspecified atom stereocenters. The van der Waals surface area contributed by atoms with Gasteiger partial charge in [-0.05, 0) is 38.0 Å². The lowest BCUT2D eigenvalue weighted by Gasteiger charge is -2.06. The summed E-state index contributed by atoms with van der Waals surface area (Å²) in [7, 11) is -4.37. The summed E-state index contributed by atoms with van der Waals surface area (Å²) in [6.07, 6.45) is 1.97. The lowest BCUT2D eigenvalue weighted by molar-refractivity contribution is 0.578. The van der Waals surface area contributed by atoms with Crippen LogP contribution in [-0.4, -0.2) is 28.0 Å². The summed E-state index contributed by atoms with van der Waals surface area (Å²) in [5.74, 6) is -1.63. The molecule has 130 valence electrons. The van der Waals surface area contributed by atoms with Gasteiger partial charge in [-0.15, -0.1) is 5.10 Å². The van der Waals surface area contributed by atoms with Crippen molar-refractivity contribution in [2.75, 3.05) is 4.72 Å². The maximum atomic E-state index is 13.7. The van der Waals surface area contributed by atoms with E-state index in [4.69, 9.17) is 0 Å². The Morgan fingerprint density at radius 3 is 2.52 bits per heavy atom. The van der Waals surface area contributed by atoms with Gasteiger partial charge in [0.05, 0.1) is 5.69 Å². The molecule has 1 fully saturated rings. The van der Waals surface area contributed by atoms with Crippen LogP contribution < -0.4 is 4.72 Å². The number of aromatic nitrogens is 4. The van der Waals surface area contributed by atoms with Gasteiger partial charge < -0.3 is 0 Å². The first-order valence-corrected chi connectivity index (χ1v) is 9.04. The third-order valence-corrected chi connectivity index (χ3v) is 5.01. The lowest BCUT2D eigenvalue weighted by atomic mass is 10.2. The topological polar surface area (TPSA) is 89.3 Å². The molecule has 0 bridgehead atoms. The molecule has 0 spiro atoms. The molecular weight excluding hydrogens is 352 g/mol. The van der Waals surface area contributed by atoms with E-state index < -0.39 is 32.5 Å². The van der Waals surface area contributed by atoms with E-state index in [0.29, 0.717) is 11.6 Å². The molecule has 0 atom stereocenters. The molecule has 7 nitrogen and oxygen atoms in total. The number of rotatable bonds is 4. The van der Waals surface area contributed by atoms with Crippen molar-refractivity contribution >= 4 is 21.5 Å². The number of nitrogens with zero attached hydrogens (tertiary/aromatic N) is 4. The zero-order valence-corrected chi connectivity index (χ0v) is 13.9. The van der Waals surface area contributed by atoms with Crippen molar-refractivity contribution in [2.45, 2.75) is 30.8 Å². The van der Waals surface area contributed by atoms with Gasteiger partial charge in [0.15, 0.2) is 0 Å². The first-order valence-electron chi connectivity index (χ1n) is 7.56. The molecule has 1 aliphatic rings. The van der Waals surface area contributed by atoms with Crippen LogP contribution in [0.15, 0.2) is 29.4 Å². The quantitative estimate of drug-likeness (QED) is 0.767. The number of anilines is 1. The van der Waals surface area contributed by atoms with E-state index in [0.717, 1.165) is 36.7 Å². The molecule has 3 aromatic rings. The maximum absolute atomic E-state index is 13.7. The largest absolute Gasteiger partial charge is 0.299 e. The molecule has 1 aromatic carbocycles. The molecule has 1 saturated carbocycles. The second kappa shape index (κ2) is 5.45. The smallest absolute Gasteiger partial charge is 0.271 e. The number of hydrogen-bond acceptors (Lipinski definition) is 5. The van der Waals surface area contributed by atoms with Crippen molar-refractivity contribution in [1.82, 2.24) is 19.6 Å². The Bertz CT molecular complexity index is 1070. The first-order chi connectivity index (χ1) is 11.8. The fourth-order valence-electron chi connectivity index (χ4n) is 2.56. The molecule has 0 saturated heterocycles. The number of halogens is 2. The van der Waals surface area contributed by atoms with Gasteiger partial charge in [0.1, 0.15) is 17.3 Å². The minimum atomic E-state index is -4.37. The fraction of sp³-hybridized carbons (Fsp3) is 0.267. The molecule has 4 rings (SSSR count). The summed E-state index contributed by atoms with van der Waals surface area (Å²) < 4.78 is 55.5.